The van der Waals surface area contributed by atoms with Gasteiger partial charge in [-0.2, -0.15) is 18.3 Å². The van der Waals surface area contributed by atoms with Gasteiger partial charge in [0, 0.05) is 36.6 Å². The number of halogens is 4. The Kier molecular flexibility index (Phi) is 7.08. The first-order valence-electron chi connectivity index (χ1n) is 12.1. The number of nitrogens with zero attached hydrogens (tertiary/aromatic N) is 5. The van der Waals surface area contributed by atoms with Crippen LogP contribution in [0.2, 0.25) is 0 Å². The Morgan fingerprint density at radius 3 is 2.52 bits per heavy atom. The lowest BCUT2D eigenvalue weighted by molar-refractivity contribution is -0.165. The van der Waals surface area contributed by atoms with Crippen LogP contribution in [0.1, 0.15) is 35.6 Å². The minimum absolute atomic E-state index is 0.0107. The number of carbonyl (C=O) groups excluding carboxylic acids is 2. The summed E-state index contributed by atoms with van der Waals surface area (Å²) < 4.78 is 65.4. The van der Waals surface area contributed by atoms with Crippen LogP contribution in [0.4, 0.5) is 23.4 Å². The van der Waals surface area contributed by atoms with Crippen molar-refractivity contribution in [3.63, 3.8) is 0 Å². The highest BCUT2D eigenvalue weighted by molar-refractivity contribution is 5.91. The Morgan fingerprint density at radius 2 is 1.88 bits per heavy atom. The average molecular weight is 558 g/mol. The number of rotatable bonds is 9. The molecular formula is C26H22F4N6O4. The van der Waals surface area contributed by atoms with Gasteiger partial charge in [0.05, 0.1) is 19.7 Å². The number of nitrogens with one attached hydrogen (secondary N) is 1. The van der Waals surface area contributed by atoms with Gasteiger partial charge in [0.15, 0.2) is 11.6 Å². The molecule has 5 rings (SSSR count). The molecule has 1 saturated carbocycles. The molecule has 1 N–H and O–H groups in total. The fourth-order valence-electron chi connectivity index (χ4n) is 4.14. The third kappa shape index (κ3) is 5.70. The van der Waals surface area contributed by atoms with Crippen LogP contribution in [-0.2, 0) is 39.1 Å². The van der Waals surface area contributed by atoms with Crippen molar-refractivity contribution >= 4 is 17.7 Å². The first-order valence-corrected chi connectivity index (χ1v) is 12.1. The van der Waals surface area contributed by atoms with Crippen molar-refractivity contribution in [3.05, 3.63) is 77.6 Å². The van der Waals surface area contributed by atoms with Crippen LogP contribution in [0.5, 0.6) is 0 Å². The lowest BCUT2D eigenvalue weighted by Crippen LogP contribution is -2.28. The molecule has 3 heterocycles. The lowest BCUT2D eigenvalue weighted by atomic mass is 10.0. The van der Waals surface area contributed by atoms with Gasteiger partial charge in [-0.15, -0.1) is 0 Å². The number of amides is 1. The van der Waals surface area contributed by atoms with Gasteiger partial charge in [0.2, 0.25) is 5.91 Å². The van der Waals surface area contributed by atoms with Crippen LogP contribution < -0.4 is 5.32 Å². The monoisotopic (exact) mass is 558 g/mol. The number of hydrogen-bond acceptors (Lipinski definition) is 8. The van der Waals surface area contributed by atoms with Crippen molar-refractivity contribution in [1.82, 2.24) is 24.9 Å². The highest BCUT2D eigenvalue weighted by Crippen LogP contribution is 2.59. The van der Waals surface area contributed by atoms with Crippen LogP contribution >= 0.6 is 0 Å². The van der Waals surface area contributed by atoms with Gasteiger partial charge in [-0.3, -0.25) is 14.3 Å². The normalized spacial score (nSPS) is 14.1. The molecule has 0 aliphatic heterocycles. The maximum absolute atomic E-state index is 14.8. The molecule has 208 valence electrons. The van der Waals surface area contributed by atoms with Crippen LogP contribution in [-0.4, -0.2) is 50.1 Å². The summed E-state index contributed by atoms with van der Waals surface area (Å²) in [7, 11) is 1.29. The maximum Gasteiger partial charge on any atom is 0.401 e. The first kappa shape index (κ1) is 27.0. The Hall–Kier alpha value is -4.62. The van der Waals surface area contributed by atoms with Crippen molar-refractivity contribution in [3.8, 4) is 11.1 Å². The molecule has 0 saturated heterocycles. The predicted octanol–water partition coefficient (Wildman–Crippen LogP) is 4.01. The number of anilines is 1. The summed E-state index contributed by atoms with van der Waals surface area (Å²) in [6.45, 7) is -0.0107. The lowest BCUT2D eigenvalue weighted by Gasteiger charge is -2.14. The van der Waals surface area contributed by atoms with Gasteiger partial charge in [-0.25, -0.2) is 14.4 Å². The average Bonchev–Trinajstić information content (AvgIpc) is 3.44. The topological polar surface area (TPSA) is 125 Å². The second-order valence-electron chi connectivity index (χ2n) is 9.37. The van der Waals surface area contributed by atoms with E-state index in [4.69, 9.17) is 4.52 Å². The van der Waals surface area contributed by atoms with E-state index in [9.17, 15) is 27.2 Å². The molecule has 4 aromatic rings. The number of ether oxygens (including phenoxy) is 1. The van der Waals surface area contributed by atoms with Gasteiger partial charge in [0.25, 0.3) is 0 Å². The molecule has 1 aromatic carbocycles. The molecule has 0 radical (unpaired) electrons. The van der Waals surface area contributed by atoms with Gasteiger partial charge in [-0.05, 0) is 35.6 Å². The zero-order valence-corrected chi connectivity index (χ0v) is 21.0. The quantitative estimate of drug-likeness (QED) is 0.241. The fourth-order valence-corrected chi connectivity index (χ4v) is 4.14. The number of aromatic nitrogens is 5. The van der Waals surface area contributed by atoms with Crippen molar-refractivity contribution in [2.24, 2.45) is 0 Å². The molecule has 1 amide bonds. The van der Waals surface area contributed by atoms with Crippen molar-refractivity contribution in [2.75, 3.05) is 12.4 Å². The van der Waals surface area contributed by atoms with Crippen LogP contribution in [0.15, 0.2) is 53.6 Å². The summed E-state index contributed by atoms with van der Waals surface area (Å²) in [5.41, 5.74) is -0.141. The van der Waals surface area contributed by atoms with E-state index in [2.05, 4.69) is 30.3 Å². The molecule has 40 heavy (non-hydrogen) atoms. The van der Waals surface area contributed by atoms with Gasteiger partial charge >= 0.3 is 12.1 Å². The van der Waals surface area contributed by atoms with Gasteiger partial charge in [0.1, 0.15) is 23.6 Å². The summed E-state index contributed by atoms with van der Waals surface area (Å²) in [6.07, 6.45) is 1.69. The summed E-state index contributed by atoms with van der Waals surface area (Å²) >= 11 is 0. The van der Waals surface area contributed by atoms with Crippen LogP contribution in [0.25, 0.3) is 11.1 Å². The van der Waals surface area contributed by atoms with E-state index in [0.717, 1.165) is 11.6 Å². The largest absolute Gasteiger partial charge is 0.468 e. The SMILES string of the molecule is COC(=O)Cn1cc(Cc2ncc(-c3ccc(CC(=O)Nc4cc(C5(C(F)(F)F)CC5)on4)c(F)c3)cn2)cn1. The van der Waals surface area contributed by atoms with E-state index < -0.39 is 29.3 Å². The van der Waals surface area contributed by atoms with Crippen molar-refractivity contribution in [1.29, 1.82) is 0 Å². The molecule has 14 heteroatoms. The number of alkyl halides is 3. The number of carbonyl (C=O) groups is 2. The summed E-state index contributed by atoms with van der Waals surface area (Å²) in [4.78, 5) is 32.4. The smallest absolute Gasteiger partial charge is 0.401 e. The summed E-state index contributed by atoms with van der Waals surface area (Å²) in [6, 6.07) is 5.34. The molecule has 1 fully saturated rings. The molecule has 1 aliphatic carbocycles. The standard InChI is InChI=1S/C26H22F4N6O4/c1-39-24(38)14-36-13-15(10-33-36)6-21-31-11-18(12-32-21)16-2-3-17(19(27)7-16)8-23(37)34-22-9-20(40-35-22)25(4-5-25)26(28,29)30/h2-3,7,9-13H,4-6,8,14H2,1H3,(H,34,35,37). The van der Waals surface area contributed by atoms with E-state index in [0.29, 0.717) is 23.4 Å². The zero-order valence-electron chi connectivity index (χ0n) is 21.0. The minimum atomic E-state index is -4.47. The highest BCUT2D eigenvalue weighted by Gasteiger charge is 2.66. The maximum atomic E-state index is 14.8. The third-order valence-corrected chi connectivity index (χ3v) is 6.55. The predicted molar refractivity (Wildman–Crippen MR) is 130 cm³/mol. The molecule has 0 bridgehead atoms. The summed E-state index contributed by atoms with van der Waals surface area (Å²) in [5, 5.41) is 9.94. The molecular weight excluding hydrogens is 536 g/mol. The van der Waals surface area contributed by atoms with E-state index in [1.165, 1.54) is 36.3 Å². The molecule has 1 aliphatic rings. The Morgan fingerprint density at radius 1 is 1.12 bits per heavy atom. The van der Waals surface area contributed by atoms with E-state index >= 15 is 0 Å². The fraction of sp³-hybridized carbons (Fsp3) is 0.308. The molecule has 10 nitrogen and oxygen atoms in total. The Labute approximate surface area is 224 Å². The molecule has 0 atom stereocenters. The van der Waals surface area contributed by atoms with Crippen molar-refractivity contribution < 1.29 is 36.4 Å². The molecule has 3 aromatic heterocycles. The van der Waals surface area contributed by atoms with E-state index in [-0.39, 0.29) is 42.9 Å². The third-order valence-electron chi connectivity index (χ3n) is 6.55. The number of esters is 1. The molecule has 0 unspecified atom stereocenters. The Balaban J connectivity index is 1.18. The van der Waals surface area contributed by atoms with Crippen LogP contribution in [0, 0.1) is 5.82 Å². The van der Waals surface area contributed by atoms with Gasteiger partial charge < -0.3 is 14.6 Å². The summed E-state index contributed by atoms with van der Waals surface area (Å²) in [5.74, 6) is -1.76. The Bertz CT molecular complexity index is 1540. The number of hydrogen-bond donors (Lipinski definition) is 1. The zero-order chi connectivity index (χ0) is 28.5. The van der Waals surface area contributed by atoms with Crippen molar-refractivity contribution in [2.45, 2.75) is 43.8 Å². The molecule has 0 spiro atoms. The number of methoxy groups -OCH3 is 1. The van der Waals surface area contributed by atoms with E-state index in [1.54, 1.807) is 18.5 Å². The van der Waals surface area contributed by atoms with Gasteiger partial charge in [-0.1, -0.05) is 17.3 Å². The number of benzene rings is 1. The first-order chi connectivity index (χ1) is 19.1. The highest BCUT2D eigenvalue weighted by atomic mass is 19.4. The minimum Gasteiger partial charge on any atom is -0.468 e. The second kappa shape index (κ2) is 10.5. The second-order valence-corrected chi connectivity index (χ2v) is 9.37. The van der Waals surface area contributed by atoms with Crippen LogP contribution in [0.3, 0.4) is 0 Å². The van der Waals surface area contributed by atoms with E-state index in [1.807, 2.05) is 0 Å².